The van der Waals surface area contributed by atoms with E-state index in [1.165, 1.54) is 38.9 Å². The van der Waals surface area contributed by atoms with E-state index in [0.29, 0.717) is 12.0 Å². The Morgan fingerprint density at radius 2 is 1.06 bits per heavy atom. The molecule has 0 aliphatic carbocycles. The normalized spacial score (nSPS) is 12.6. The topological polar surface area (TPSA) is 29.3 Å². The molecule has 2 nitrogen and oxygen atoms in total. The van der Waals surface area contributed by atoms with Crippen LogP contribution in [0.25, 0.3) is 0 Å². The van der Waals surface area contributed by atoms with Gasteiger partial charge >= 0.3 is 0 Å². The molecule has 0 fully saturated rings. The molecule has 1 atom stereocenters. The average molecular weight is 230 g/mol. The van der Waals surface area contributed by atoms with Gasteiger partial charge in [0.1, 0.15) is 0 Å². The number of nitrogens with zero attached hydrogens (tertiary/aromatic N) is 1. The first-order valence-electron chi connectivity index (χ1n) is 6.97. The maximum atomic E-state index is 5.44. The molecule has 0 amide bonds. The fourth-order valence-electron chi connectivity index (χ4n) is 1.28. The van der Waals surface area contributed by atoms with Crippen LogP contribution in [0.2, 0.25) is 0 Å². The smallest absolute Gasteiger partial charge is 0.00334 e. The summed E-state index contributed by atoms with van der Waals surface area (Å²) in [5.41, 5.74) is 5.44. The van der Waals surface area contributed by atoms with Gasteiger partial charge < -0.3 is 10.6 Å². The largest absolute Gasteiger partial charge is 0.328 e. The number of nitrogens with two attached hydrogens (primary N) is 1. The van der Waals surface area contributed by atoms with Crippen molar-refractivity contribution in [1.29, 1.82) is 0 Å². The predicted octanol–water partition coefficient (Wildman–Crippen LogP) is 3.51. The van der Waals surface area contributed by atoms with E-state index >= 15 is 0 Å². The maximum absolute atomic E-state index is 5.44. The van der Waals surface area contributed by atoms with E-state index < -0.39 is 0 Å². The SMILES string of the molecule is CC(C)C(C)N.CCCN(CCC)CCC. The van der Waals surface area contributed by atoms with Crippen molar-refractivity contribution < 1.29 is 0 Å². The van der Waals surface area contributed by atoms with Crippen LogP contribution >= 0.6 is 0 Å². The molecular formula is C14H34N2. The van der Waals surface area contributed by atoms with Gasteiger partial charge in [-0.3, -0.25) is 0 Å². The Labute approximate surface area is 104 Å². The summed E-state index contributed by atoms with van der Waals surface area (Å²) >= 11 is 0. The van der Waals surface area contributed by atoms with E-state index in [1.54, 1.807) is 0 Å². The van der Waals surface area contributed by atoms with Crippen LogP contribution in [-0.4, -0.2) is 30.6 Å². The molecular weight excluding hydrogens is 196 g/mol. The standard InChI is InChI=1S/C9H21N.C5H13N/c1-4-7-10(8-5-2)9-6-3;1-4(2)5(3)6/h4-9H2,1-3H3;4-5H,6H2,1-3H3. The third-order valence-electron chi connectivity index (χ3n) is 2.67. The molecule has 0 spiro atoms. The average Bonchev–Trinajstić information content (AvgIpc) is 2.19. The predicted molar refractivity (Wildman–Crippen MR) is 75.8 cm³/mol. The first kappa shape index (κ1) is 18.3. The van der Waals surface area contributed by atoms with Crippen molar-refractivity contribution in [2.45, 2.75) is 66.8 Å². The zero-order valence-electron chi connectivity index (χ0n) is 12.4. The van der Waals surface area contributed by atoms with Crippen molar-refractivity contribution in [2.75, 3.05) is 19.6 Å². The van der Waals surface area contributed by atoms with Gasteiger partial charge in [-0.2, -0.15) is 0 Å². The van der Waals surface area contributed by atoms with Crippen LogP contribution in [0.15, 0.2) is 0 Å². The fraction of sp³-hybridized carbons (Fsp3) is 1.00. The quantitative estimate of drug-likeness (QED) is 0.725. The molecule has 0 rings (SSSR count). The van der Waals surface area contributed by atoms with E-state index in [9.17, 15) is 0 Å². The summed E-state index contributed by atoms with van der Waals surface area (Å²) in [6, 6.07) is 0.352. The van der Waals surface area contributed by atoms with Gasteiger partial charge in [-0.25, -0.2) is 0 Å². The molecule has 2 heteroatoms. The zero-order valence-corrected chi connectivity index (χ0v) is 12.4. The highest BCUT2D eigenvalue weighted by Gasteiger charge is 1.98. The Kier molecular flexibility index (Phi) is 14.8. The molecule has 0 radical (unpaired) electrons. The number of rotatable bonds is 7. The van der Waals surface area contributed by atoms with Gasteiger partial charge in [0.2, 0.25) is 0 Å². The molecule has 2 N–H and O–H groups in total. The lowest BCUT2D eigenvalue weighted by Gasteiger charge is -2.19. The third kappa shape index (κ3) is 13.9. The lowest BCUT2D eigenvalue weighted by atomic mass is 10.1. The van der Waals surface area contributed by atoms with Crippen molar-refractivity contribution in [3.05, 3.63) is 0 Å². The van der Waals surface area contributed by atoms with E-state index in [-0.39, 0.29) is 0 Å². The minimum absolute atomic E-state index is 0.352. The highest BCUT2D eigenvalue weighted by atomic mass is 15.1. The Bertz CT molecular complexity index is 102. The van der Waals surface area contributed by atoms with Gasteiger partial charge in [-0.15, -0.1) is 0 Å². The summed E-state index contributed by atoms with van der Waals surface area (Å²) in [6.07, 6.45) is 3.88. The van der Waals surface area contributed by atoms with Crippen molar-refractivity contribution in [1.82, 2.24) is 4.90 Å². The van der Waals surface area contributed by atoms with Crippen LogP contribution in [0.4, 0.5) is 0 Å². The lowest BCUT2D eigenvalue weighted by molar-refractivity contribution is 0.275. The second kappa shape index (κ2) is 13.0. The van der Waals surface area contributed by atoms with Gasteiger partial charge in [0.15, 0.2) is 0 Å². The van der Waals surface area contributed by atoms with Crippen LogP contribution in [-0.2, 0) is 0 Å². The van der Waals surface area contributed by atoms with Crippen molar-refractivity contribution in [3.63, 3.8) is 0 Å². The second-order valence-corrected chi connectivity index (χ2v) is 4.94. The summed E-state index contributed by atoms with van der Waals surface area (Å²) in [5.74, 6) is 0.630. The highest BCUT2D eigenvalue weighted by Crippen LogP contribution is 1.95. The highest BCUT2D eigenvalue weighted by molar-refractivity contribution is 4.55. The monoisotopic (exact) mass is 230 g/mol. The zero-order chi connectivity index (χ0) is 13.0. The lowest BCUT2D eigenvalue weighted by Crippen LogP contribution is -2.25. The van der Waals surface area contributed by atoms with E-state index in [2.05, 4.69) is 39.5 Å². The van der Waals surface area contributed by atoms with Gasteiger partial charge in [0, 0.05) is 6.04 Å². The Balaban J connectivity index is 0. The Morgan fingerprint density at radius 1 is 0.812 bits per heavy atom. The molecule has 0 aromatic heterocycles. The third-order valence-corrected chi connectivity index (χ3v) is 2.67. The first-order chi connectivity index (χ1) is 7.49. The van der Waals surface area contributed by atoms with Gasteiger partial charge in [-0.1, -0.05) is 34.6 Å². The summed E-state index contributed by atoms with van der Waals surface area (Å²) < 4.78 is 0. The van der Waals surface area contributed by atoms with E-state index in [1.807, 2.05) is 6.92 Å². The van der Waals surface area contributed by atoms with Gasteiger partial charge in [-0.05, 0) is 51.7 Å². The van der Waals surface area contributed by atoms with Gasteiger partial charge in [0.25, 0.3) is 0 Å². The maximum Gasteiger partial charge on any atom is 0.00334 e. The minimum Gasteiger partial charge on any atom is -0.328 e. The van der Waals surface area contributed by atoms with Crippen LogP contribution in [0.3, 0.4) is 0 Å². The van der Waals surface area contributed by atoms with Crippen LogP contribution in [0, 0.1) is 5.92 Å². The molecule has 100 valence electrons. The molecule has 0 aliphatic rings. The molecule has 0 saturated heterocycles. The summed E-state index contributed by atoms with van der Waals surface area (Å²) in [5, 5.41) is 0. The van der Waals surface area contributed by atoms with Crippen LogP contribution in [0.5, 0.6) is 0 Å². The molecule has 0 heterocycles. The first-order valence-corrected chi connectivity index (χ1v) is 6.97. The molecule has 0 aliphatic heterocycles. The van der Waals surface area contributed by atoms with Gasteiger partial charge in [0.05, 0.1) is 0 Å². The molecule has 0 bridgehead atoms. The number of hydrogen-bond acceptors (Lipinski definition) is 2. The minimum atomic E-state index is 0.352. The number of hydrogen-bond donors (Lipinski definition) is 1. The Hall–Kier alpha value is -0.0800. The summed E-state index contributed by atoms with van der Waals surface area (Å²) in [7, 11) is 0. The molecule has 1 unspecified atom stereocenters. The van der Waals surface area contributed by atoms with Crippen LogP contribution < -0.4 is 5.73 Å². The molecule has 0 saturated carbocycles. The summed E-state index contributed by atoms with van der Waals surface area (Å²) in [6.45, 7) is 16.8. The van der Waals surface area contributed by atoms with Crippen LogP contribution in [0.1, 0.15) is 60.8 Å². The summed E-state index contributed by atoms with van der Waals surface area (Å²) in [4.78, 5) is 2.54. The van der Waals surface area contributed by atoms with Crippen molar-refractivity contribution >= 4 is 0 Å². The van der Waals surface area contributed by atoms with Crippen molar-refractivity contribution in [3.8, 4) is 0 Å². The van der Waals surface area contributed by atoms with E-state index in [4.69, 9.17) is 5.73 Å². The Morgan fingerprint density at radius 3 is 1.19 bits per heavy atom. The fourth-order valence-corrected chi connectivity index (χ4v) is 1.28. The molecule has 16 heavy (non-hydrogen) atoms. The molecule has 0 aromatic rings. The second-order valence-electron chi connectivity index (χ2n) is 4.94. The van der Waals surface area contributed by atoms with Crippen molar-refractivity contribution in [2.24, 2.45) is 11.7 Å². The molecule has 0 aromatic carbocycles. The van der Waals surface area contributed by atoms with E-state index in [0.717, 1.165) is 0 Å².